The van der Waals surface area contributed by atoms with E-state index in [-0.39, 0.29) is 0 Å². The Balaban J connectivity index is 1.90. The van der Waals surface area contributed by atoms with E-state index in [0.29, 0.717) is 12.5 Å². The van der Waals surface area contributed by atoms with Gasteiger partial charge in [-0.1, -0.05) is 51.7 Å². The molecule has 106 valence electrons. The van der Waals surface area contributed by atoms with E-state index in [0.717, 1.165) is 31.4 Å². The fourth-order valence-corrected chi connectivity index (χ4v) is 2.82. The number of anilines is 1. The average molecular weight is 261 g/mol. The lowest BCUT2D eigenvalue weighted by atomic mass is 9.94. The van der Waals surface area contributed by atoms with E-state index in [1.807, 2.05) is 0 Å². The molecule has 0 bridgehead atoms. The van der Waals surface area contributed by atoms with Crippen molar-refractivity contribution in [3.05, 3.63) is 29.8 Å². The number of hydrogen-bond acceptors (Lipinski definition) is 2. The van der Waals surface area contributed by atoms with Crippen LogP contribution in [0.25, 0.3) is 0 Å². The zero-order valence-electron chi connectivity index (χ0n) is 12.3. The van der Waals surface area contributed by atoms with Gasteiger partial charge >= 0.3 is 0 Å². The molecule has 1 aromatic rings. The van der Waals surface area contributed by atoms with Gasteiger partial charge in [0.05, 0.1) is 5.60 Å². The van der Waals surface area contributed by atoms with Crippen molar-refractivity contribution < 1.29 is 5.11 Å². The van der Waals surface area contributed by atoms with Crippen LogP contribution in [0.5, 0.6) is 0 Å². The third-order valence-electron chi connectivity index (χ3n) is 4.23. The van der Waals surface area contributed by atoms with Crippen LogP contribution in [0.1, 0.15) is 63.9 Å². The van der Waals surface area contributed by atoms with E-state index in [1.165, 1.54) is 18.4 Å². The Bertz CT molecular complexity index is 375. The Labute approximate surface area is 117 Å². The van der Waals surface area contributed by atoms with Crippen LogP contribution in [0, 0.1) is 0 Å². The lowest BCUT2D eigenvalue weighted by Gasteiger charge is -2.27. The third-order valence-corrected chi connectivity index (χ3v) is 4.23. The first-order chi connectivity index (χ1) is 9.09. The van der Waals surface area contributed by atoms with Crippen molar-refractivity contribution in [3.8, 4) is 0 Å². The average Bonchev–Trinajstić information content (AvgIpc) is 2.62. The van der Waals surface area contributed by atoms with Crippen molar-refractivity contribution in [2.75, 3.05) is 11.9 Å². The lowest BCUT2D eigenvalue weighted by Crippen LogP contribution is -2.36. The minimum atomic E-state index is -0.507. The van der Waals surface area contributed by atoms with Gasteiger partial charge < -0.3 is 10.4 Å². The number of hydrogen-bond donors (Lipinski definition) is 2. The molecule has 2 nitrogen and oxygen atoms in total. The number of benzene rings is 1. The van der Waals surface area contributed by atoms with E-state index >= 15 is 0 Å². The number of nitrogens with one attached hydrogen (secondary N) is 1. The highest BCUT2D eigenvalue weighted by Crippen LogP contribution is 2.27. The van der Waals surface area contributed by atoms with Gasteiger partial charge in [0.1, 0.15) is 0 Å². The molecule has 1 aliphatic rings. The van der Waals surface area contributed by atoms with Crippen LogP contribution in [0.4, 0.5) is 5.69 Å². The van der Waals surface area contributed by atoms with Gasteiger partial charge in [-0.05, 0) is 36.5 Å². The van der Waals surface area contributed by atoms with Crippen LogP contribution < -0.4 is 5.32 Å². The monoisotopic (exact) mass is 261 g/mol. The first kappa shape index (κ1) is 14.4. The summed E-state index contributed by atoms with van der Waals surface area (Å²) in [6, 6.07) is 8.58. The van der Waals surface area contributed by atoms with Gasteiger partial charge in [-0.15, -0.1) is 0 Å². The largest absolute Gasteiger partial charge is 0.388 e. The Kier molecular flexibility index (Phi) is 4.87. The fraction of sp³-hybridized carbons (Fsp3) is 0.647. The molecule has 0 amide bonds. The minimum Gasteiger partial charge on any atom is -0.388 e. The first-order valence-corrected chi connectivity index (χ1v) is 7.65. The molecule has 0 atom stereocenters. The Morgan fingerprint density at radius 3 is 2.16 bits per heavy atom. The molecular formula is C17H27NO. The first-order valence-electron chi connectivity index (χ1n) is 7.65. The second kappa shape index (κ2) is 6.42. The zero-order valence-corrected chi connectivity index (χ0v) is 12.3. The summed E-state index contributed by atoms with van der Waals surface area (Å²) in [4.78, 5) is 0. The zero-order chi connectivity index (χ0) is 13.7. The van der Waals surface area contributed by atoms with Gasteiger partial charge in [0.15, 0.2) is 0 Å². The molecule has 0 radical (unpaired) electrons. The maximum absolute atomic E-state index is 10.6. The summed E-state index contributed by atoms with van der Waals surface area (Å²) in [7, 11) is 0. The standard InChI is InChI=1S/C17H27NO/c1-14(2)15-7-9-16(10-8-15)18-13-17(19)11-5-3-4-6-12-17/h7-10,14,18-19H,3-6,11-13H2,1-2H3. The van der Waals surface area contributed by atoms with Gasteiger partial charge in [-0.2, -0.15) is 0 Å². The molecule has 2 N–H and O–H groups in total. The van der Waals surface area contributed by atoms with Crippen LogP contribution in [-0.4, -0.2) is 17.3 Å². The van der Waals surface area contributed by atoms with Gasteiger partial charge in [0, 0.05) is 12.2 Å². The van der Waals surface area contributed by atoms with Crippen LogP contribution in [-0.2, 0) is 0 Å². The summed E-state index contributed by atoms with van der Waals surface area (Å²) in [6.07, 6.45) is 6.72. The molecule has 0 unspecified atom stereocenters. The van der Waals surface area contributed by atoms with Gasteiger partial charge in [-0.25, -0.2) is 0 Å². The van der Waals surface area contributed by atoms with Crippen LogP contribution in [0.3, 0.4) is 0 Å². The van der Waals surface area contributed by atoms with E-state index in [4.69, 9.17) is 0 Å². The van der Waals surface area contributed by atoms with Crippen molar-refractivity contribution in [2.45, 2.75) is 63.9 Å². The second-order valence-electron chi connectivity index (χ2n) is 6.27. The van der Waals surface area contributed by atoms with Crippen LogP contribution in [0.15, 0.2) is 24.3 Å². The van der Waals surface area contributed by atoms with Crippen LogP contribution >= 0.6 is 0 Å². The molecule has 1 aromatic carbocycles. The smallest absolute Gasteiger partial charge is 0.0819 e. The molecule has 2 heteroatoms. The molecule has 0 saturated heterocycles. The highest BCUT2D eigenvalue weighted by atomic mass is 16.3. The molecular weight excluding hydrogens is 234 g/mol. The highest BCUT2D eigenvalue weighted by molar-refractivity contribution is 5.45. The summed E-state index contributed by atoms with van der Waals surface area (Å²) < 4.78 is 0. The number of aliphatic hydroxyl groups is 1. The van der Waals surface area contributed by atoms with E-state index in [9.17, 15) is 5.11 Å². The molecule has 2 rings (SSSR count). The molecule has 1 aliphatic carbocycles. The molecule has 19 heavy (non-hydrogen) atoms. The summed E-state index contributed by atoms with van der Waals surface area (Å²) >= 11 is 0. The maximum atomic E-state index is 10.6. The molecule has 0 heterocycles. The summed E-state index contributed by atoms with van der Waals surface area (Å²) in [5.41, 5.74) is 1.97. The van der Waals surface area contributed by atoms with Gasteiger partial charge in [-0.3, -0.25) is 0 Å². The van der Waals surface area contributed by atoms with Crippen molar-refractivity contribution in [1.29, 1.82) is 0 Å². The van der Waals surface area contributed by atoms with Crippen molar-refractivity contribution >= 4 is 5.69 Å². The predicted molar refractivity (Wildman–Crippen MR) is 81.7 cm³/mol. The van der Waals surface area contributed by atoms with E-state index in [2.05, 4.69) is 43.4 Å². The topological polar surface area (TPSA) is 32.3 Å². The SMILES string of the molecule is CC(C)c1ccc(NCC2(O)CCCCCC2)cc1. The Morgan fingerprint density at radius 1 is 1.05 bits per heavy atom. The Morgan fingerprint density at radius 2 is 1.63 bits per heavy atom. The normalized spacial score (nSPS) is 19.2. The molecule has 0 aromatic heterocycles. The predicted octanol–water partition coefficient (Wildman–Crippen LogP) is 4.31. The maximum Gasteiger partial charge on any atom is 0.0819 e. The van der Waals surface area contributed by atoms with E-state index < -0.39 is 5.60 Å². The Hall–Kier alpha value is -1.02. The summed E-state index contributed by atoms with van der Waals surface area (Å²) in [5, 5.41) is 14.0. The van der Waals surface area contributed by atoms with Crippen LogP contribution in [0.2, 0.25) is 0 Å². The molecule has 0 spiro atoms. The highest BCUT2D eigenvalue weighted by Gasteiger charge is 2.27. The van der Waals surface area contributed by atoms with Crippen molar-refractivity contribution in [1.82, 2.24) is 0 Å². The third kappa shape index (κ3) is 4.24. The number of rotatable bonds is 4. The fourth-order valence-electron chi connectivity index (χ4n) is 2.82. The lowest BCUT2D eigenvalue weighted by molar-refractivity contribution is 0.0381. The second-order valence-corrected chi connectivity index (χ2v) is 6.27. The van der Waals surface area contributed by atoms with Gasteiger partial charge in [0.2, 0.25) is 0 Å². The van der Waals surface area contributed by atoms with Crippen molar-refractivity contribution in [3.63, 3.8) is 0 Å². The van der Waals surface area contributed by atoms with Crippen molar-refractivity contribution in [2.24, 2.45) is 0 Å². The molecule has 0 aliphatic heterocycles. The van der Waals surface area contributed by atoms with Gasteiger partial charge in [0.25, 0.3) is 0 Å². The molecule has 1 fully saturated rings. The molecule has 1 saturated carbocycles. The summed E-state index contributed by atoms with van der Waals surface area (Å²) in [6.45, 7) is 5.08. The minimum absolute atomic E-state index is 0.507. The summed E-state index contributed by atoms with van der Waals surface area (Å²) in [5.74, 6) is 0.570. The quantitative estimate of drug-likeness (QED) is 0.792. The van der Waals surface area contributed by atoms with E-state index in [1.54, 1.807) is 0 Å².